The van der Waals surface area contributed by atoms with Crippen molar-refractivity contribution in [3.63, 3.8) is 0 Å². The van der Waals surface area contributed by atoms with Crippen molar-refractivity contribution >= 4 is 39.0 Å². The number of ketones is 1. The molecule has 0 radical (unpaired) electrons. The lowest BCUT2D eigenvalue weighted by Crippen LogP contribution is -2.24. The van der Waals surface area contributed by atoms with E-state index in [1.807, 2.05) is 6.26 Å². The Balaban J connectivity index is 2.23. The van der Waals surface area contributed by atoms with Crippen LogP contribution in [0, 0.1) is 0 Å². The smallest absolute Gasteiger partial charge is 0.255 e. The number of aromatic hydroxyl groups is 1. The molecule has 0 unspecified atom stereocenters. The van der Waals surface area contributed by atoms with E-state index in [4.69, 9.17) is 5.53 Å². The van der Waals surface area contributed by atoms with Gasteiger partial charge < -0.3 is 10.4 Å². The number of nitrogens with one attached hydrogen (secondary N) is 1. The number of rotatable bonds is 12. The highest BCUT2D eigenvalue weighted by Crippen LogP contribution is 2.24. The Kier molecular flexibility index (Phi) is 10.6. The summed E-state index contributed by atoms with van der Waals surface area (Å²) in [5.74, 6) is 0.541. The summed E-state index contributed by atoms with van der Waals surface area (Å²) in [7, 11) is 3.36. The first kappa shape index (κ1) is 21.2. The van der Waals surface area contributed by atoms with Gasteiger partial charge in [-0.15, -0.1) is 0 Å². The lowest BCUT2D eigenvalue weighted by atomic mass is 10.1. The van der Waals surface area contributed by atoms with E-state index in [-0.39, 0.29) is 28.7 Å². The minimum atomic E-state index is -0.379. The summed E-state index contributed by atoms with van der Waals surface area (Å²) in [6, 6.07) is 4.13. The zero-order valence-corrected chi connectivity index (χ0v) is 15.7. The Morgan fingerprint density at radius 3 is 2.76 bits per heavy atom. The number of carbonyl (C=O) groups excluding carboxylic acids is 2. The van der Waals surface area contributed by atoms with Crippen molar-refractivity contribution in [2.24, 2.45) is 5.11 Å². The van der Waals surface area contributed by atoms with E-state index < -0.39 is 0 Å². The second-order valence-corrected chi connectivity index (χ2v) is 7.92. The molecule has 0 saturated heterocycles. The molecule has 2 N–H and O–H groups in total. The van der Waals surface area contributed by atoms with Crippen LogP contribution in [-0.4, -0.2) is 35.4 Å². The number of phenolic OH excluding ortho intramolecular Hbond substituents is 1. The molecule has 0 fully saturated rings. The first-order chi connectivity index (χ1) is 12.1. The van der Waals surface area contributed by atoms with Gasteiger partial charge in [0.1, 0.15) is 11.5 Å². The Labute approximate surface area is 155 Å². The van der Waals surface area contributed by atoms with E-state index >= 15 is 0 Å². The highest BCUT2D eigenvalue weighted by atomic mass is 33.1. The second kappa shape index (κ2) is 12.5. The standard InChI is InChI=1S/C16H22N4O3S2/c1-24-25-10-8-13(21)5-3-2-4-9-18-16(23)14-7-6-12(19-20-17)11-15(14)22/h6-7,11,22H,2-5,8-10H2,1H3,(H,18,23). The number of benzene rings is 1. The molecule has 25 heavy (non-hydrogen) atoms. The Morgan fingerprint density at radius 2 is 2.08 bits per heavy atom. The number of Topliss-reactive ketones (excluding diaryl/α,β-unsaturated/α-hetero) is 1. The molecule has 1 aromatic carbocycles. The molecule has 9 heteroatoms. The van der Waals surface area contributed by atoms with Gasteiger partial charge in [-0.3, -0.25) is 9.59 Å². The van der Waals surface area contributed by atoms with Crippen LogP contribution in [0.15, 0.2) is 23.3 Å². The van der Waals surface area contributed by atoms with Crippen molar-refractivity contribution in [1.29, 1.82) is 0 Å². The quantitative estimate of drug-likeness (QED) is 0.180. The van der Waals surface area contributed by atoms with E-state index in [0.717, 1.165) is 25.0 Å². The van der Waals surface area contributed by atoms with Crippen LogP contribution in [0.3, 0.4) is 0 Å². The molecule has 1 amide bonds. The summed E-state index contributed by atoms with van der Waals surface area (Å²) < 4.78 is 0. The van der Waals surface area contributed by atoms with E-state index in [0.29, 0.717) is 19.4 Å². The van der Waals surface area contributed by atoms with Gasteiger partial charge in [0.2, 0.25) is 0 Å². The number of hydrogen-bond donors (Lipinski definition) is 2. The predicted molar refractivity (Wildman–Crippen MR) is 103 cm³/mol. The molecule has 1 rings (SSSR count). The van der Waals surface area contributed by atoms with Gasteiger partial charge in [0.25, 0.3) is 5.91 Å². The number of carbonyl (C=O) groups is 2. The van der Waals surface area contributed by atoms with Crippen molar-refractivity contribution in [2.75, 3.05) is 18.6 Å². The van der Waals surface area contributed by atoms with Crippen molar-refractivity contribution in [3.8, 4) is 5.75 Å². The molecule has 0 aliphatic rings. The number of amides is 1. The Bertz CT molecular complexity index is 634. The van der Waals surface area contributed by atoms with Gasteiger partial charge in [0, 0.05) is 35.7 Å². The third-order valence-electron chi connectivity index (χ3n) is 3.39. The molecule has 0 aromatic heterocycles. The minimum Gasteiger partial charge on any atom is -0.507 e. The molecule has 0 spiro atoms. The highest BCUT2D eigenvalue weighted by Gasteiger charge is 2.10. The first-order valence-electron chi connectivity index (χ1n) is 7.92. The maximum Gasteiger partial charge on any atom is 0.255 e. The third-order valence-corrected chi connectivity index (χ3v) is 5.20. The van der Waals surface area contributed by atoms with Gasteiger partial charge in [0.05, 0.1) is 5.56 Å². The summed E-state index contributed by atoms with van der Waals surface area (Å²) in [6.45, 7) is 0.479. The van der Waals surface area contributed by atoms with Crippen LogP contribution in [0.5, 0.6) is 5.75 Å². The van der Waals surface area contributed by atoms with Gasteiger partial charge in [0.15, 0.2) is 0 Å². The van der Waals surface area contributed by atoms with Crippen molar-refractivity contribution < 1.29 is 14.7 Å². The normalized spacial score (nSPS) is 10.1. The largest absolute Gasteiger partial charge is 0.507 e. The molecule has 0 saturated carbocycles. The number of phenols is 1. The fourth-order valence-electron chi connectivity index (χ4n) is 2.11. The van der Waals surface area contributed by atoms with Gasteiger partial charge in [-0.1, -0.05) is 39.2 Å². The maximum atomic E-state index is 12.0. The van der Waals surface area contributed by atoms with Gasteiger partial charge in [-0.2, -0.15) is 0 Å². The topological polar surface area (TPSA) is 115 Å². The molecule has 1 aromatic rings. The van der Waals surface area contributed by atoms with Crippen molar-refractivity contribution in [2.45, 2.75) is 32.1 Å². The lowest BCUT2D eigenvalue weighted by Gasteiger charge is -2.07. The number of hydrogen-bond acceptors (Lipinski definition) is 6. The molecule has 0 atom stereocenters. The van der Waals surface area contributed by atoms with Crippen molar-refractivity contribution in [3.05, 3.63) is 34.2 Å². The van der Waals surface area contributed by atoms with E-state index in [1.165, 1.54) is 18.2 Å². The summed E-state index contributed by atoms with van der Waals surface area (Å²) >= 11 is 0. The van der Waals surface area contributed by atoms with E-state index in [1.54, 1.807) is 21.6 Å². The zero-order chi connectivity index (χ0) is 18.5. The fourth-order valence-corrected chi connectivity index (χ4v) is 3.34. The molecular weight excluding hydrogens is 360 g/mol. The summed E-state index contributed by atoms with van der Waals surface area (Å²) in [5.41, 5.74) is 8.72. The van der Waals surface area contributed by atoms with Crippen LogP contribution in [0.1, 0.15) is 42.5 Å². The predicted octanol–water partition coefficient (Wildman–Crippen LogP) is 4.59. The van der Waals surface area contributed by atoms with Crippen LogP contribution < -0.4 is 5.32 Å². The van der Waals surface area contributed by atoms with Crippen molar-refractivity contribution in [1.82, 2.24) is 5.32 Å². The first-order valence-corrected chi connectivity index (χ1v) is 10.6. The molecule has 0 aliphatic heterocycles. The maximum absolute atomic E-state index is 12.0. The van der Waals surface area contributed by atoms with E-state index in [9.17, 15) is 14.7 Å². The Hall–Kier alpha value is -1.83. The minimum absolute atomic E-state index is 0.137. The number of azide groups is 1. The SMILES string of the molecule is CSSCCC(=O)CCCCCNC(=O)c1ccc(N=[N+]=[N-])cc1O. The second-order valence-electron chi connectivity index (χ2n) is 5.23. The molecular formula is C16H22N4O3S2. The highest BCUT2D eigenvalue weighted by molar-refractivity contribution is 8.76. The average Bonchev–Trinajstić information content (AvgIpc) is 2.58. The Morgan fingerprint density at radius 1 is 1.28 bits per heavy atom. The number of nitrogens with zero attached hydrogens (tertiary/aromatic N) is 3. The lowest BCUT2D eigenvalue weighted by molar-refractivity contribution is -0.118. The molecule has 7 nitrogen and oxygen atoms in total. The zero-order valence-electron chi connectivity index (χ0n) is 14.1. The summed E-state index contributed by atoms with van der Waals surface area (Å²) in [4.78, 5) is 26.2. The number of unbranched alkanes of at least 4 members (excludes halogenated alkanes) is 2. The third kappa shape index (κ3) is 8.72. The van der Waals surface area contributed by atoms with Crippen LogP contribution in [0.4, 0.5) is 5.69 Å². The summed E-state index contributed by atoms with van der Waals surface area (Å²) in [6.07, 6.45) is 5.67. The average molecular weight is 383 g/mol. The van der Waals surface area contributed by atoms with Gasteiger partial charge in [-0.25, -0.2) is 0 Å². The van der Waals surface area contributed by atoms with Crippen LogP contribution in [-0.2, 0) is 4.79 Å². The summed E-state index contributed by atoms with van der Waals surface area (Å²) in [5, 5.41) is 15.9. The molecule has 0 bridgehead atoms. The molecule has 0 heterocycles. The fraction of sp³-hybridized carbons (Fsp3) is 0.500. The van der Waals surface area contributed by atoms with Crippen LogP contribution in [0.25, 0.3) is 10.4 Å². The molecule has 0 aliphatic carbocycles. The van der Waals surface area contributed by atoms with Gasteiger partial charge in [-0.05, 0) is 36.8 Å². The van der Waals surface area contributed by atoms with Gasteiger partial charge >= 0.3 is 0 Å². The van der Waals surface area contributed by atoms with Crippen LogP contribution >= 0.6 is 21.6 Å². The molecule has 136 valence electrons. The van der Waals surface area contributed by atoms with Crippen LogP contribution in [0.2, 0.25) is 0 Å². The van der Waals surface area contributed by atoms with E-state index in [2.05, 4.69) is 15.3 Å². The monoisotopic (exact) mass is 382 g/mol.